The average molecular weight is 292 g/mol. The van der Waals surface area contributed by atoms with E-state index in [0.29, 0.717) is 5.41 Å². The molecule has 0 aliphatic carbocycles. The molecule has 2 aromatic rings. The largest absolute Gasteiger partial charge is 0.316 e. The molecule has 0 amide bonds. The molecule has 0 saturated carbocycles. The third kappa shape index (κ3) is 2.81. The quantitative estimate of drug-likeness (QED) is 0.931. The highest BCUT2D eigenvalue weighted by Gasteiger charge is 2.39. The van der Waals surface area contributed by atoms with Crippen LogP contribution in [-0.4, -0.2) is 31.1 Å². The Kier molecular flexibility index (Phi) is 3.73. The molecule has 2 aliphatic heterocycles. The van der Waals surface area contributed by atoms with Gasteiger partial charge in [0, 0.05) is 19.6 Å². The molecule has 114 valence electrons. The summed E-state index contributed by atoms with van der Waals surface area (Å²) in [7, 11) is 0. The summed E-state index contributed by atoms with van der Waals surface area (Å²) in [4.78, 5) is 2.63. The van der Waals surface area contributed by atoms with Crippen LogP contribution in [0, 0.1) is 5.41 Å². The van der Waals surface area contributed by atoms with Crippen molar-refractivity contribution in [2.75, 3.05) is 26.2 Å². The van der Waals surface area contributed by atoms with E-state index in [1.54, 1.807) is 0 Å². The summed E-state index contributed by atoms with van der Waals surface area (Å²) in [6.07, 6.45) is 2.72. The molecule has 0 bridgehead atoms. The van der Waals surface area contributed by atoms with Crippen molar-refractivity contribution in [1.82, 2.24) is 10.2 Å². The molecule has 22 heavy (non-hydrogen) atoms. The van der Waals surface area contributed by atoms with Crippen LogP contribution in [0.4, 0.5) is 0 Å². The van der Waals surface area contributed by atoms with Crippen LogP contribution < -0.4 is 5.32 Å². The van der Waals surface area contributed by atoms with E-state index in [-0.39, 0.29) is 0 Å². The van der Waals surface area contributed by atoms with E-state index < -0.39 is 0 Å². The van der Waals surface area contributed by atoms with Crippen molar-refractivity contribution < 1.29 is 0 Å². The Morgan fingerprint density at radius 2 is 1.68 bits per heavy atom. The van der Waals surface area contributed by atoms with Gasteiger partial charge in [-0.25, -0.2) is 0 Å². The maximum Gasteiger partial charge on any atom is 0.0233 e. The van der Waals surface area contributed by atoms with Crippen molar-refractivity contribution in [3.63, 3.8) is 0 Å². The van der Waals surface area contributed by atoms with Crippen LogP contribution in [0.5, 0.6) is 0 Å². The fraction of sp³-hybridized carbons (Fsp3) is 0.400. The summed E-state index contributed by atoms with van der Waals surface area (Å²) in [5.41, 5.74) is 4.61. The first-order valence-electron chi connectivity index (χ1n) is 8.41. The van der Waals surface area contributed by atoms with Gasteiger partial charge in [-0.05, 0) is 48.0 Å². The van der Waals surface area contributed by atoms with Gasteiger partial charge in [0.2, 0.25) is 0 Å². The molecule has 2 fully saturated rings. The Labute approximate surface area is 133 Å². The smallest absolute Gasteiger partial charge is 0.0233 e. The number of hydrogen-bond donors (Lipinski definition) is 1. The van der Waals surface area contributed by atoms with Crippen molar-refractivity contribution in [2.45, 2.75) is 19.4 Å². The number of hydrogen-bond acceptors (Lipinski definition) is 2. The molecular formula is C20H24N2. The molecule has 2 aliphatic rings. The van der Waals surface area contributed by atoms with Crippen molar-refractivity contribution >= 4 is 0 Å². The zero-order valence-corrected chi connectivity index (χ0v) is 13.1. The summed E-state index contributed by atoms with van der Waals surface area (Å²) in [6, 6.07) is 19.7. The Balaban J connectivity index is 1.42. The van der Waals surface area contributed by atoms with E-state index in [0.717, 1.165) is 6.54 Å². The van der Waals surface area contributed by atoms with Crippen LogP contribution >= 0.6 is 0 Å². The van der Waals surface area contributed by atoms with Gasteiger partial charge in [0.1, 0.15) is 0 Å². The number of benzene rings is 2. The lowest BCUT2D eigenvalue weighted by Gasteiger charge is -2.22. The zero-order valence-electron chi connectivity index (χ0n) is 13.1. The molecule has 2 saturated heterocycles. The minimum absolute atomic E-state index is 0.573. The van der Waals surface area contributed by atoms with Gasteiger partial charge in [0.25, 0.3) is 0 Å². The second-order valence-electron chi connectivity index (χ2n) is 6.95. The van der Waals surface area contributed by atoms with Crippen molar-refractivity contribution in [3.8, 4) is 11.1 Å². The van der Waals surface area contributed by atoms with E-state index >= 15 is 0 Å². The molecule has 0 aromatic heterocycles. The molecule has 1 spiro atoms. The highest BCUT2D eigenvalue weighted by Crippen LogP contribution is 2.36. The maximum absolute atomic E-state index is 3.54. The lowest BCUT2D eigenvalue weighted by atomic mass is 9.86. The molecule has 2 heterocycles. The summed E-state index contributed by atoms with van der Waals surface area (Å²) >= 11 is 0. The highest BCUT2D eigenvalue weighted by atomic mass is 15.2. The first-order valence-corrected chi connectivity index (χ1v) is 8.41. The first-order chi connectivity index (χ1) is 10.8. The summed E-state index contributed by atoms with van der Waals surface area (Å²) < 4.78 is 0. The van der Waals surface area contributed by atoms with Gasteiger partial charge in [0.15, 0.2) is 0 Å². The van der Waals surface area contributed by atoms with Gasteiger partial charge >= 0.3 is 0 Å². The second kappa shape index (κ2) is 5.86. The molecule has 0 radical (unpaired) electrons. The number of nitrogens with zero attached hydrogens (tertiary/aromatic N) is 1. The monoisotopic (exact) mass is 292 g/mol. The van der Waals surface area contributed by atoms with Crippen LogP contribution in [0.3, 0.4) is 0 Å². The summed E-state index contributed by atoms with van der Waals surface area (Å²) in [5.74, 6) is 0. The van der Waals surface area contributed by atoms with E-state index in [2.05, 4.69) is 64.8 Å². The minimum Gasteiger partial charge on any atom is -0.316 e. The molecule has 2 heteroatoms. The topological polar surface area (TPSA) is 15.3 Å². The third-order valence-electron chi connectivity index (χ3n) is 5.32. The van der Waals surface area contributed by atoms with Gasteiger partial charge in [-0.3, -0.25) is 4.90 Å². The van der Waals surface area contributed by atoms with Crippen molar-refractivity contribution in [1.29, 1.82) is 0 Å². The summed E-state index contributed by atoms with van der Waals surface area (Å²) in [6.45, 7) is 6.04. The van der Waals surface area contributed by atoms with Crippen LogP contribution in [0.1, 0.15) is 18.4 Å². The van der Waals surface area contributed by atoms with E-state index in [1.807, 2.05) is 0 Å². The normalized spacial score (nSPS) is 25.1. The third-order valence-corrected chi connectivity index (χ3v) is 5.32. The second-order valence-corrected chi connectivity index (χ2v) is 6.95. The SMILES string of the molecule is c1ccc(-c2ccc(CN3CCC4(CCNC4)C3)cc2)cc1. The zero-order chi connectivity index (χ0) is 14.8. The molecule has 4 rings (SSSR count). The fourth-order valence-corrected chi connectivity index (χ4v) is 4.00. The molecule has 1 atom stereocenters. The van der Waals surface area contributed by atoms with Gasteiger partial charge in [-0.15, -0.1) is 0 Å². The lowest BCUT2D eigenvalue weighted by molar-refractivity contribution is 0.268. The Hall–Kier alpha value is -1.64. The van der Waals surface area contributed by atoms with Crippen molar-refractivity contribution in [3.05, 3.63) is 60.2 Å². The highest BCUT2D eigenvalue weighted by molar-refractivity contribution is 5.63. The van der Waals surface area contributed by atoms with Crippen molar-refractivity contribution in [2.24, 2.45) is 5.41 Å². The molecule has 1 N–H and O–H groups in total. The van der Waals surface area contributed by atoms with Crippen LogP contribution in [-0.2, 0) is 6.54 Å². The van der Waals surface area contributed by atoms with Gasteiger partial charge in [-0.1, -0.05) is 54.6 Å². The van der Waals surface area contributed by atoms with E-state index in [4.69, 9.17) is 0 Å². The Bertz CT molecular complexity index is 612. The van der Waals surface area contributed by atoms with Gasteiger partial charge in [0.05, 0.1) is 0 Å². The van der Waals surface area contributed by atoms with Crippen LogP contribution in [0.25, 0.3) is 11.1 Å². The summed E-state index contributed by atoms with van der Waals surface area (Å²) in [5, 5.41) is 3.54. The minimum atomic E-state index is 0.573. The average Bonchev–Trinajstić information content (AvgIpc) is 3.19. The van der Waals surface area contributed by atoms with Crippen LogP contribution in [0.15, 0.2) is 54.6 Å². The lowest BCUT2D eigenvalue weighted by Crippen LogP contribution is -2.28. The molecule has 1 unspecified atom stereocenters. The maximum atomic E-state index is 3.54. The van der Waals surface area contributed by atoms with Crippen LogP contribution in [0.2, 0.25) is 0 Å². The number of likely N-dealkylation sites (tertiary alicyclic amines) is 1. The fourth-order valence-electron chi connectivity index (χ4n) is 4.00. The molecule has 2 nitrogen and oxygen atoms in total. The first kappa shape index (κ1) is 14.0. The molecule has 2 aromatic carbocycles. The Morgan fingerprint density at radius 1 is 0.909 bits per heavy atom. The molecular weight excluding hydrogens is 268 g/mol. The standard InChI is InChI=1S/C20H24N2/c1-2-4-18(5-3-1)19-8-6-17(7-9-19)14-22-13-11-20(16-22)10-12-21-15-20/h1-9,21H,10-16H2. The Morgan fingerprint density at radius 3 is 2.41 bits per heavy atom. The van der Waals surface area contributed by atoms with E-state index in [1.165, 1.54) is 55.7 Å². The number of nitrogens with one attached hydrogen (secondary N) is 1. The predicted molar refractivity (Wildman–Crippen MR) is 91.7 cm³/mol. The van der Waals surface area contributed by atoms with Gasteiger partial charge < -0.3 is 5.32 Å². The van der Waals surface area contributed by atoms with Gasteiger partial charge in [-0.2, -0.15) is 0 Å². The van der Waals surface area contributed by atoms with E-state index in [9.17, 15) is 0 Å². The number of rotatable bonds is 3. The predicted octanol–water partition coefficient (Wildman–Crippen LogP) is 3.54.